The number of halogens is 1. The van der Waals surface area contributed by atoms with E-state index >= 15 is 0 Å². The molecule has 68 valence electrons. The van der Waals surface area contributed by atoms with Crippen molar-refractivity contribution in [2.24, 2.45) is 0 Å². The molecule has 0 amide bonds. The summed E-state index contributed by atoms with van der Waals surface area (Å²) in [6, 6.07) is 5.86. The van der Waals surface area contributed by atoms with E-state index in [1.807, 2.05) is 25.1 Å². The SMILES string of the molecule is C#CC(C)c1ccc(Br)cc1OC. The normalized spacial score (nSPS) is 11.8. The van der Waals surface area contributed by atoms with Gasteiger partial charge in [0, 0.05) is 16.0 Å². The van der Waals surface area contributed by atoms with Gasteiger partial charge in [0.2, 0.25) is 0 Å². The van der Waals surface area contributed by atoms with E-state index in [0.29, 0.717) is 0 Å². The van der Waals surface area contributed by atoms with Crippen molar-refractivity contribution in [1.29, 1.82) is 0 Å². The third-order valence-electron chi connectivity index (χ3n) is 1.91. The predicted molar refractivity (Wildman–Crippen MR) is 57.9 cm³/mol. The molecular weight excluding hydrogens is 228 g/mol. The Morgan fingerprint density at radius 3 is 2.77 bits per heavy atom. The molecule has 0 bridgehead atoms. The van der Waals surface area contributed by atoms with Crippen molar-refractivity contribution >= 4 is 15.9 Å². The van der Waals surface area contributed by atoms with Gasteiger partial charge in [-0.15, -0.1) is 6.42 Å². The molecule has 13 heavy (non-hydrogen) atoms. The van der Waals surface area contributed by atoms with Crippen LogP contribution in [0.25, 0.3) is 0 Å². The maximum atomic E-state index is 5.35. The Bertz CT molecular complexity index is 338. The van der Waals surface area contributed by atoms with Crippen molar-refractivity contribution in [3.05, 3.63) is 28.2 Å². The van der Waals surface area contributed by atoms with E-state index in [4.69, 9.17) is 11.2 Å². The van der Waals surface area contributed by atoms with Crippen LogP contribution in [-0.2, 0) is 0 Å². The molecule has 1 atom stereocenters. The molecule has 0 saturated carbocycles. The summed E-state index contributed by atoms with van der Waals surface area (Å²) in [5.74, 6) is 3.60. The Balaban J connectivity index is 3.15. The van der Waals surface area contributed by atoms with Crippen LogP contribution in [0, 0.1) is 12.3 Å². The minimum atomic E-state index is 0.0862. The second-order valence-electron chi connectivity index (χ2n) is 2.77. The lowest BCUT2D eigenvalue weighted by molar-refractivity contribution is 0.408. The van der Waals surface area contributed by atoms with Gasteiger partial charge in [0.05, 0.1) is 7.11 Å². The zero-order valence-electron chi connectivity index (χ0n) is 7.67. The zero-order valence-corrected chi connectivity index (χ0v) is 9.26. The summed E-state index contributed by atoms with van der Waals surface area (Å²) >= 11 is 3.38. The number of terminal acetylenes is 1. The third kappa shape index (κ3) is 2.26. The Kier molecular flexibility index (Phi) is 3.39. The van der Waals surface area contributed by atoms with Crippen molar-refractivity contribution in [1.82, 2.24) is 0 Å². The summed E-state index contributed by atoms with van der Waals surface area (Å²) in [4.78, 5) is 0. The smallest absolute Gasteiger partial charge is 0.124 e. The molecule has 1 nitrogen and oxygen atoms in total. The maximum absolute atomic E-state index is 5.35. The van der Waals surface area contributed by atoms with Crippen molar-refractivity contribution < 1.29 is 4.74 Å². The average Bonchev–Trinajstić information content (AvgIpc) is 2.16. The van der Waals surface area contributed by atoms with Crippen molar-refractivity contribution in [2.45, 2.75) is 12.8 Å². The molecule has 1 aromatic rings. The van der Waals surface area contributed by atoms with Crippen LogP contribution in [-0.4, -0.2) is 7.11 Å². The summed E-state index contributed by atoms with van der Waals surface area (Å²) in [7, 11) is 1.65. The van der Waals surface area contributed by atoms with Gasteiger partial charge in [0.15, 0.2) is 0 Å². The first-order valence-corrected chi connectivity index (χ1v) is 4.78. The second-order valence-corrected chi connectivity index (χ2v) is 3.69. The van der Waals surface area contributed by atoms with Crippen LogP contribution in [0.15, 0.2) is 22.7 Å². The van der Waals surface area contributed by atoms with Gasteiger partial charge < -0.3 is 4.74 Å². The number of hydrogen-bond donors (Lipinski definition) is 0. The Hall–Kier alpha value is -0.940. The first-order valence-electron chi connectivity index (χ1n) is 3.98. The minimum Gasteiger partial charge on any atom is -0.496 e. The Morgan fingerprint density at radius 1 is 1.54 bits per heavy atom. The van der Waals surface area contributed by atoms with E-state index in [1.54, 1.807) is 7.11 Å². The molecule has 0 spiro atoms. The van der Waals surface area contributed by atoms with Gasteiger partial charge >= 0.3 is 0 Å². The lowest BCUT2D eigenvalue weighted by Gasteiger charge is -2.10. The quantitative estimate of drug-likeness (QED) is 0.720. The summed E-state index contributed by atoms with van der Waals surface area (Å²) in [6.07, 6.45) is 5.35. The molecule has 0 aliphatic heterocycles. The van der Waals surface area contributed by atoms with Crippen LogP contribution in [0.1, 0.15) is 18.4 Å². The van der Waals surface area contributed by atoms with Gasteiger partial charge in [-0.2, -0.15) is 0 Å². The molecule has 1 aromatic carbocycles. The van der Waals surface area contributed by atoms with Gasteiger partial charge in [0.1, 0.15) is 5.75 Å². The third-order valence-corrected chi connectivity index (χ3v) is 2.41. The first-order chi connectivity index (χ1) is 6.19. The highest BCUT2D eigenvalue weighted by molar-refractivity contribution is 9.10. The number of rotatable bonds is 2. The van der Waals surface area contributed by atoms with Crippen LogP contribution in [0.3, 0.4) is 0 Å². The molecule has 0 N–H and O–H groups in total. The summed E-state index contributed by atoms with van der Waals surface area (Å²) < 4.78 is 6.22. The van der Waals surface area contributed by atoms with Gasteiger partial charge in [-0.05, 0) is 19.1 Å². The lowest BCUT2D eigenvalue weighted by atomic mass is 10.0. The minimum absolute atomic E-state index is 0.0862. The van der Waals surface area contributed by atoms with Crippen LogP contribution in [0.5, 0.6) is 5.75 Å². The summed E-state index contributed by atoms with van der Waals surface area (Å²) in [5, 5.41) is 0. The molecule has 0 fully saturated rings. The van der Waals surface area contributed by atoms with Crippen LogP contribution in [0.2, 0.25) is 0 Å². The van der Waals surface area contributed by atoms with Gasteiger partial charge in [-0.3, -0.25) is 0 Å². The number of hydrogen-bond acceptors (Lipinski definition) is 1. The highest BCUT2D eigenvalue weighted by Crippen LogP contribution is 2.28. The van der Waals surface area contributed by atoms with Crippen LogP contribution in [0.4, 0.5) is 0 Å². The van der Waals surface area contributed by atoms with Crippen molar-refractivity contribution in [3.8, 4) is 18.1 Å². The molecular formula is C11H11BrO. The fourth-order valence-electron chi connectivity index (χ4n) is 1.13. The van der Waals surface area contributed by atoms with Gasteiger partial charge in [0.25, 0.3) is 0 Å². The second kappa shape index (κ2) is 4.34. The molecule has 1 unspecified atom stereocenters. The highest BCUT2D eigenvalue weighted by atomic mass is 79.9. The van der Waals surface area contributed by atoms with Crippen molar-refractivity contribution in [3.63, 3.8) is 0 Å². The molecule has 0 aliphatic carbocycles. The molecule has 0 heterocycles. The van der Waals surface area contributed by atoms with E-state index in [2.05, 4.69) is 21.9 Å². The van der Waals surface area contributed by atoms with Crippen LogP contribution >= 0.6 is 15.9 Å². The number of ether oxygens (including phenoxy) is 1. The molecule has 0 aromatic heterocycles. The molecule has 2 heteroatoms. The molecule has 0 radical (unpaired) electrons. The number of benzene rings is 1. The van der Waals surface area contributed by atoms with Crippen LogP contribution < -0.4 is 4.74 Å². The molecule has 1 rings (SSSR count). The Labute approximate surface area is 87.2 Å². The van der Waals surface area contributed by atoms with E-state index in [-0.39, 0.29) is 5.92 Å². The summed E-state index contributed by atoms with van der Waals surface area (Å²) in [6.45, 7) is 1.98. The lowest BCUT2D eigenvalue weighted by Crippen LogP contribution is -1.94. The monoisotopic (exact) mass is 238 g/mol. The number of methoxy groups -OCH3 is 1. The maximum Gasteiger partial charge on any atom is 0.124 e. The van der Waals surface area contributed by atoms with Gasteiger partial charge in [-0.25, -0.2) is 0 Å². The summed E-state index contributed by atoms with van der Waals surface area (Å²) in [5.41, 5.74) is 1.05. The standard InChI is InChI=1S/C11H11BrO/c1-4-8(2)10-6-5-9(12)7-11(10)13-3/h1,5-8H,2-3H3. The van der Waals surface area contributed by atoms with E-state index in [0.717, 1.165) is 15.8 Å². The predicted octanol–water partition coefficient (Wildman–Crippen LogP) is 3.19. The fraction of sp³-hybridized carbons (Fsp3) is 0.273. The molecule has 0 saturated heterocycles. The molecule has 0 aliphatic rings. The van der Waals surface area contributed by atoms with Crippen molar-refractivity contribution in [2.75, 3.05) is 7.11 Å². The fourth-order valence-corrected chi connectivity index (χ4v) is 1.47. The van der Waals surface area contributed by atoms with E-state index in [9.17, 15) is 0 Å². The van der Waals surface area contributed by atoms with E-state index < -0.39 is 0 Å². The van der Waals surface area contributed by atoms with Gasteiger partial charge in [-0.1, -0.05) is 27.9 Å². The topological polar surface area (TPSA) is 9.23 Å². The first kappa shape index (κ1) is 10.1. The highest BCUT2D eigenvalue weighted by Gasteiger charge is 2.08. The van der Waals surface area contributed by atoms with E-state index in [1.165, 1.54) is 0 Å². The largest absolute Gasteiger partial charge is 0.496 e. The average molecular weight is 239 g/mol. The Morgan fingerprint density at radius 2 is 2.23 bits per heavy atom. The zero-order chi connectivity index (χ0) is 9.84.